The molecular weight excluding hydrogens is 324 g/mol. The van der Waals surface area contributed by atoms with E-state index in [0.29, 0.717) is 6.42 Å². The van der Waals surface area contributed by atoms with Crippen molar-refractivity contribution in [3.8, 4) is 0 Å². The Balaban J connectivity index is 3.64. The van der Waals surface area contributed by atoms with Crippen molar-refractivity contribution in [3.05, 3.63) is 0 Å². The maximum atomic E-state index is 11.7. The van der Waals surface area contributed by atoms with Gasteiger partial charge in [0.25, 0.3) is 0 Å². The van der Waals surface area contributed by atoms with Gasteiger partial charge in [0.2, 0.25) is 0 Å². The Hall–Kier alpha value is -1.14. The van der Waals surface area contributed by atoms with E-state index in [1.165, 1.54) is 45.4 Å². The Morgan fingerprint density at radius 2 is 1.52 bits per heavy atom. The number of aliphatic hydroxyl groups is 2. The third kappa shape index (κ3) is 16.1. The Morgan fingerprint density at radius 3 is 2.04 bits per heavy atom. The molecule has 0 aromatic heterocycles. The van der Waals surface area contributed by atoms with Gasteiger partial charge in [0, 0.05) is 6.92 Å². The van der Waals surface area contributed by atoms with Crippen molar-refractivity contribution >= 4 is 11.9 Å². The lowest BCUT2D eigenvalue weighted by molar-refractivity contribution is -0.162. The van der Waals surface area contributed by atoms with Crippen LogP contribution in [0.2, 0.25) is 0 Å². The molecule has 148 valence electrons. The Bertz CT molecular complexity index is 345. The first kappa shape index (κ1) is 23.9. The fourth-order valence-electron chi connectivity index (χ4n) is 2.55. The van der Waals surface area contributed by atoms with Crippen LogP contribution in [-0.4, -0.2) is 47.6 Å². The number of hydrogen-bond donors (Lipinski definition) is 2. The van der Waals surface area contributed by atoms with E-state index in [1.54, 1.807) is 0 Å². The minimum atomic E-state index is -0.878. The molecule has 0 spiro atoms. The van der Waals surface area contributed by atoms with Crippen molar-refractivity contribution in [2.45, 2.75) is 96.7 Å². The van der Waals surface area contributed by atoms with Crippen molar-refractivity contribution in [3.63, 3.8) is 0 Å². The van der Waals surface area contributed by atoms with Gasteiger partial charge in [-0.05, 0) is 6.42 Å². The predicted molar refractivity (Wildman–Crippen MR) is 96.1 cm³/mol. The third-order valence-electron chi connectivity index (χ3n) is 4.02. The summed E-state index contributed by atoms with van der Waals surface area (Å²) in [5, 5.41) is 19.0. The zero-order valence-corrected chi connectivity index (χ0v) is 15.9. The summed E-state index contributed by atoms with van der Waals surface area (Å²) in [5.41, 5.74) is 0. The lowest BCUT2D eigenvalue weighted by Crippen LogP contribution is -2.29. The molecule has 0 aliphatic rings. The molecule has 0 unspecified atom stereocenters. The van der Waals surface area contributed by atoms with Crippen LogP contribution in [0.15, 0.2) is 0 Å². The highest BCUT2D eigenvalue weighted by Crippen LogP contribution is 2.12. The van der Waals surface area contributed by atoms with Crippen LogP contribution in [0.5, 0.6) is 0 Å². The summed E-state index contributed by atoms with van der Waals surface area (Å²) in [6.07, 6.45) is 9.70. The quantitative estimate of drug-likeness (QED) is 0.324. The highest BCUT2D eigenvalue weighted by Gasteiger charge is 2.18. The number of esters is 2. The number of hydrogen-bond acceptors (Lipinski definition) is 6. The molecular formula is C19H36O6. The van der Waals surface area contributed by atoms with Crippen molar-refractivity contribution < 1.29 is 29.3 Å². The molecule has 2 atom stereocenters. The zero-order valence-electron chi connectivity index (χ0n) is 15.9. The van der Waals surface area contributed by atoms with Crippen molar-refractivity contribution in [2.24, 2.45) is 0 Å². The Kier molecular flexibility index (Phi) is 15.6. The maximum Gasteiger partial charge on any atom is 0.308 e. The maximum absolute atomic E-state index is 11.7. The van der Waals surface area contributed by atoms with E-state index in [2.05, 4.69) is 6.92 Å². The molecule has 0 fully saturated rings. The van der Waals surface area contributed by atoms with Gasteiger partial charge in [0.1, 0.15) is 6.61 Å². The van der Waals surface area contributed by atoms with Crippen LogP contribution < -0.4 is 0 Å². The van der Waals surface area contributed by atoms with Crippen LogP contribution in [0.4, 0.5) is 0 Å². The van der Waals surface area contributed by atoms with Gasteiger partial charge in [-0.1, -0.05) is 64.7 Å². The highest BCUT2D eigenvalue weighted by molar-refractivity contribution is 5.70. The van der Waals surface area contributed by atoms with Crippen molar-refractivity contribution in [2.75, 3.05) is 13.2 Å². The molecule has 0 heterocycles. The van der Waals surface area contributed by atoms with Gasteiger partial charge in [-0.3, -0.25) is 9.59 Å². The van der Waals surface area contributed by atoms with E-state index < -0.39 is 30.8 Å². The third-order valence-corrected chi connectivity index (χ3v) is 4.02. The van der Waals surface area contributed by atoms with E-state index in [1.807, 2.05) is 0 Å². The van der Waals surface area contributed by atoms with Crippen LogP contribution in [0.3, 0.4) is 0 Å². The molecule has 6 nitrogen and oxygen atoms in total. The summed E-state index contributed by atoms with van der Waals surface area (Å²) in [4.78, 5) is 22.4. The zero-order chi connectivity index (χ0) is 18.9. The molecule has 2 N–H and O–H groups in total. The first-order valence-corrected chi connectivity index (χ1v) is 9.61. The molecule has 0 aromatic carbocycles. The summed E-state index contributed by atoms with van der Waals surface area (Å²) in [7, 11) is 0. The molecule has 0 saturated heterocycles. The molecule has 0 aliphatic carbocycles. The molecule has 0 aromatic rings. The topological polar surface area (TPSA) is 93.1 Å². The largest absolute Gasteiger partial charge is 0.462 e. The van der Waals surface area contributed by atoms with Gasteiger partial charge < -0.3 is 19.7 Å². The second-order valence-electron chi connectivity index (χ2n) is 6.57. The Labute approximate surface area is 151 Å². The molecule has 0 radical (unpaired) electrons. The summed E-state index contributed by atoms with van der Waals surface area (Å²) < 4.78 is 9.68. The number of unbranched alkanes of at least 4 members (excludes halogenated alkanes) is 8. The van der Waals surface area contributed by atoms with Gasteiger partial charge in [-0.25, -0.2) is 0 Å². The molecule has 0 saturated carbocycles. The minimum Gasteiger partial charge on any atom is -0.462 e. The summed E-state index contributed by atoms with van der Waals surface area (Å²) in [6, 6.07) is 0. The van der Waals surface area contributed by atoms with Crippen LogP contribution in [-0.2, 0) is 19.1 Å². The van der Waals surface area contributed by atoms with Gasteiger partial charge in [-0.15, -0.1) is 0 Å². The van der Waals surface area contributed by atoms with Gasteiger partial charge in [0.05, 0.1) is 19.1 Å². The molecule has 6 heteroatoms. The van der Waals surface area contributed by atoms with E-state index in [0.717, 1.165) is 19.3 Å². The molecule has 0 amide bonds. The highest BCUT2D eigenvalue weighted by atomic mass is 16.6. The van der Waals surface area contributed by atoms with Crippen molar-refractivity contribution in [1.82, 2.24) is 0 Å². The second kappa shape index (κ2) is 16.3. The normalized spacial score (nSPS) is 13.3. The lowest BCUT2D eigenvalue weighted by Gasteiger charge is -2.16. The molecule has 0 rings (SSSR count). The van der Waals surface area contributed by atoms with Gasteiger partial charge in [0.15, 0.2) is 6.10 Å². The summed E-state index contributed by atoms with van der Waals surface area (Å²) in [5.74, 6) is -1.09. The average Bonchev–Trinajstić information content (AvgIpc) is 2.56. The number of carbonyl (C=O) groups is 2. The number of carbonyl (C=O) groups excluding carboxylic acids is 2. The fourth-order valence-corrected chi connectivity index (χ4v) is 2.55. The van der Waals surface area contributed by atoms with E-state index >= 15 is 0 Å². The second-order valence-corrected chi connectivity index (χ2v) is 6.57. The van der Waals surface area contributed by atoms with E-state index in [4.69, 9.17) is 14.6 Å². The van der Waals surface area contributed by atoms with Crippen molar-refractivity contribution in [1.29, 1.82) is 0 Å². The SMILES string of the molecule is CCCCCCCCCCC[C@@H](O)CC(=O)O[C@@H](CO)COC(C)=O. The summed E-state index contributed by atoms with van der Waals surface area (Å²) >= 11 is 0. The first-order valence-electron chi connectivity index (χ1n) is 9.61. The van der Waals surface area contributed by atoms with E-state index in [9.17, 15) is 14.7 Å². The molecule has 0 bridgehead atoms. The van der Waals surface area contributed by atoms with E-state index in [-0.39, 0.29) is 13.0 Å². The fraction of sp³-hybridized carbons (Fsp3) is 0.895. The van der Waals surface area contributed by atoms with Gasteiger partial charge >= 0.3 is 11.9 Å². The lowest BCUT2D eigenvalue weighted by atomic mass is 10.0. The Morgan fingerprint density at radius 1 is 0.960 bits per heavy atom. The smallest absolute Gasteiger partial charge is 0.308 e. The first-order chi connectivity index (χ1) is 12.0. The average molecular weight is 360 g/mol. The summed E-state index contributed by atoms with van der Waals surface area (Å²) in [6.45, 7) is 2.86. The molecule has 0 aliphatic heterocycles. The van der Waals surface area contributed by atoms with Crippen LogP contribution in [0.1, 0.15) is 84.5 Å². The number of rotatable bonds is 16. The number of ether oxygens (including phenoxy) is 2. The monoisotopic (exact) mass is 360 g/mol. The minimum absolute atomic E-state index is 0.104. The predicted octanol–water partition coefficient (Wildman–Crippen LogP) is 3.13. The van der Waals surface area contributed by atoms with Gasteiger partial charge in [-0.2, -0.15) is 0 Å². The van der Waals surface area contributed by atoms with Crippen LogP contribution >= 0.6 is 0 Å². The standard InChI is InChI=1S/C19H36O6/c1-3-4-5-6-7-8-9-10-11-12-17(22)13-19(23)25-18(14-20)15-24-16(2)21/h17-18,20,22H,3-15H2,1-2H3/t17-,18+/m1/s1. The van der Waals surface area contributed by atoms with Crippen LogP contribution in [0, 0.1) is 0 Å². The van der Waals surface area contributed by atoms with Crippen LogP contribution in [0.25, 0.3) is 0 Å². The molecule has 25 heavy (non-hydrogen) atoms. The number of aliphatic hydroxyl groups excluding tert-OH is 2.